The van der Waals surface area contributed by atoms with Gasteiger partial charge in [0.1, 0.15) is 11.5 Å². The van der Waals surface area contributed by atoms with Crippen molar-refractivity contribution in [3.8, 4) is 5.75 Å². The Hall–Kier alpha value is -3.89. The monoisotopic (exact) mass is 607 g/mol. The Bertz CT molecular complexity index is 1750. The highest BCUT2D eigenvalue weighted by Crippen LogP contribution is 2.36. The number of fused-ring (bicyclic) bond motifs is 1. The van der Waals surface area contributed by atoms with Gasteiger partial charge in [0.15, 0.2) is 4.80 Å². The molecule has 0 bridgehead atoms. The van der Waals surface area contributed by atoms with Crippen molar-refractivity contribution in [2.24, 2.45) is 4.99 Å². The number of hydrogen-bond donors (Lipinski definition) is 0. The van der Waals surface area contributed by atoms with E-state index in [1.165, 1.54) is 11.3 Å². The second kappa shape index (κ2) is 11.1. The molecule has 0 aliphatic carbocycles. The number of halogens is 1. The van der Waals surface area contributed by atoms with Crippen molar-refractivity contribution in [1.29, 1.82) is 0 Å². The molecule has 0 spiro atoms. The topological polar surface area (TPSA) is 86.3 Å². The number of aromatic nitrogens is 1. The number of esters is 1. The zero-order chi connectivity index (χ0) is 27.7. The summed E-state index contributed by atoms with van der Waals surface area (Å²) in [4.78, 5) is 34.6. The molecular formula is C29H26BrN3O5S. The lowest BCUT2D eigenvalue weighted by molar-refractivity contribution is -0.138. The molecule has 1 aliphatic heterocycles. The average molecular weight is 609 g/mol. The second-order valence-electron chi connectivity index (χ2n) is 8.90. The highest BCUT2D eigenvalue weighted by Gasteiger charge is 2.35. The van der Waals surface area contributed by atoms with E-state index < -0.39 is 12.0 Å². The zero-order valence-electron chi connectivity index (χ0n) is 21.8. The molecule has 0 fully saturated rings. The molecule has 4 aromatic rings. The van der Waals surface area contributed by atoms with E-state index in [0.29, 0.717) is 38.0 Å². The molecule has 39 heavy (non-hydrogen) atoms. The summed E-state index contributed by atoms with van der Waals surface area (Å²) in [5, 5.41) is 0. The first-order valence-electron chi connectivity index (χ1n) is 12.2. The van der Waals surface area contributed by atoms with Crippen LogP contribution in [0.3, 0.4) is 0 Å². The number of ether oxygens (including phenoxy) is 2. The zero-order valence-corrected chi connectivity index (χ0v) is 24.2. The molecule has 0 saturated carbocycles. The van der Waals surface area contributed by atoms with Gasteiger partial charge in [0.2, 0.25) is 5.88 Å². The number of benzene rings is 2. The molecule has 2 aromatic carbocycles. The number of carbonyl (C=O) groups is 1. The van der Waals surface area contributed by atoms with Crippen molar-refractivity contribution >= 4 is 50.9 Å². The van der Waals surface area contributed by atoms with Crippen molar-refractivity contribution in [2.45, 2.75) is 13.0 Å². The summed E-state index contributed by atoms with van der Waals surface area (Å²) in [7, 11) is 5.32. The third-order valence-electron chi connectivity index (χ3n) is 6.15. The fourth-order valence-electron chi connectivity index (χ4n) is 4.45. The Morgan fingerprint density at radius 2 is 1.95 bits per heavy atom. The first-order chi connectivity index (χ1) is 18.8. The predicted octanol–water partition coefficient (Wildman–Crippen LogP) is 4.37. The maximum absolute atomic E-state index is 14.0. The van der Waals surface area contributed by atoms with E-state index >= 15 is 0 Å². The van der Waals surface area contributed by atoms with E-state index in [1.807, 2.05) is 79.7 Å². The second-order valence-corrected chi connectivity index (χ2v) is 10.8. The van der Waals surface area contributed by atoms with E-state index in [1.54, 1.807) is 24.7 Å². The number of rotatable bonds is 7. The first kappa shape index (κ1) is 26.7. The van der Waals surface area contributed by atoms with Crippen LogP contribution in [0.1, 0.15) is 29.9 Å². The van der Waals surface area contributed by atoms with Crippen molar-refractivity contribution in [2.75, 3.05) is 32.7 Å². The molecule has 2 aromatic heterocycles. The van der Waals surface area contributed by atoms with Gasteiger partial charge in [-0.05, 0) is 40.5 Å². The van der Waals surface area contributed by atoms with Gasteiger partial charge in [-0.1, -0.05) is 53.8 Å². The average Bonchev–Trinajstić information content (AvgIpc) is 3.46. The van der Waals surface area contributed by atoms with Gasteiger partial charge in [-0.15, -0.1) is 0 Å². The molecule has 5 rings (SSSR count). The number of hydrogen-bond acceptors (Lipinski definition) is 8. The highest BCUT2D eigenvalue weighted by molar-refractivity contribution is 9.10. The minimum atomic E-state index is -0.784. The molecular weight excluding hydrogens is 582 g/mol. The molecule has 0 N–H and O–H groups in total. The molecule has 200 valence electrons. The summed E-state index contributed by atoms with van der Waals surface area (Å²) < 4.78 is 19.7. The third-order valence-corrected chi connectivity index (χ3v) is 7.70. The molecule has 3 heterocycles. The van der Waals surface area contributed by atoms with Crippen LogP contribution in [0.5, 0.6) is 5.75 Å². The third kappa shape index (κ3) is 5.09. The van der Waals surface area contributed by atoms with Gasteiger partial charge in [0, 0.05) is 31.8 Å². The number of furan rings is 1. The van der Waals surface area contributed by atoms with Crippen LogP contribution in [0.15, 0.2) is 84.9 Å². The van der Waals surface area contributed by atoms with Gasteiger partial charge in [0.05, 0.1) is 40.0 Å². The van der Waals surface area contributed by atoms with Crippen molar-refractivity contribution in [3.63, 3.8) is 0 Å². The molecule has 1 atom stereocenters. The summed E-state index contributed by atoms with van der Waals surface area (Å²) >= 11 is 4.74. The van der Waals surface area contributed by atoms with Crippen LogP contribution >= 0.6 is 27.3 Å². The number of anilines is 1. The van der Waals surface area contributed by atoms with E-state index in [9.17, 15) is 9.59 Å². The lowest BCUT2D eigenvalue weighted by Gasteiger charge is -2.26. The summed E-state index contributed by atoms with van der Waals surface area (Å²) in [5.74, 6) is 1.22. The Labute approximate surface area is 237 Å². The van der Waals surface area contributed by atoms with Gasteiger partial charge in [-0.3, -0.25) is 9.36 Å². The van der Waals surface area contributed by atoms with Crippen LogP contribution in [0.4, 0.5) is 5.88 Å². The fraction of sp³-hybridized carbons (Fsp3) is 0.207. The molecule has 0 radical (unpaired) electrons. The van der Waals surface area contributed by atoms with Gasteiger partial charge >= 0.3 is 5.97 Å². The molecule has 10 heteroatoms. The Kier molecular flexibility index (Phi) is 7.58. The van der Waals surface area contributed by atoms with Crippen LogP contribution in [0.25, 0.3) is 11.8 Å². The summed E-state index contributed by atoms with van der Waals surface area (Å²) in [6.45, 7) is 1.93. The van der Waals surface area contributed by atoms with Crippen molar-refractivity contribution in [1.82, 2.24) is 4.57 Å². The van der Waals surface area contributed by atoms with E-state index in [0.717, 1.165) is 10.0 Å². The van der Waals surface area contributed by atoms with Gasteiger partial charge < -0.3 is 18.8 Å². The Morgan fingerprint density at radius 1 is 1.18 bits per heavy atom. The Balaban J connectivity index is 1.81. The van der Waals surface area contributed by atoms with Crippen molar-refractivity contribution in [3.05, 3.63) is 107 Å². The number of methoxy groups -OCH3 is 1. The normalized spacial score (nSPS) is 15.1. The molecule has 8 nitrogen and oxygen atoms in total. The SMILES string of the molecule is CCOC(=O)C1=C(c2ccccc2)N=c2s/c(=C/c3cc(Br)c(N(C)C)o3)c(=O)n2[C@@H]1c1cccc(OC)c1. The van der Waals surface area contributed by atoms with E-state index in [4.69, 9.17) is 18.9 Å². The number of thiazole rings is 1. The van der Waals surface area contributed by atoms with Crippen LogP contribution in [-0.2, 0) is 9.53 Å². The van der Waals surface area contributed by atoms with Crippen molar-refractivity contribution < 1.29 is 18.7 Å². The van der Waals surface area contributed by atoms with Gasteiger partial charge in [-0.25, -0.2) is 9.79 Å². The van der Waals surface area contributed by atoms with Gasteiger partial charge in [0.25, 0.3) is 5.56 Å². The quantitative estimate of drug-likeness (QED) is 0.290. The van der Waals surface area contributed by atoms with E-state index in [-0.39, 0.29) is 17.7 Å². The maximum Gasteiger partial charge on any atom is 0.338 e. The minimum absolute atomic E-state index is 0.182. The van der Waals surface area contributed by atoms with Crippen LogP contribution < -0.4 is 24.5 Å². The van der Waals surface area contributed by atoms with Gasteiger partial charge in [-0.2, -0.15) is 0 Å². The minimum Gasteiger partial charge on any atom is -0.497 e. The summed E-state index contributed by atoms with van der Waals surface area (Å²) in [6, 6.07) is 17.8. The molecule has 1 aliphatic rings. The lowest BCUT2D eigenvalue weighted by atomic mass is 9.93. The smallest absolute Gasteiger partial charge is 0.338 e. The molecule has 0 saturated heterocycles. The Morgan fingerprint density at radius 3 is 2.62 bits per heavy atom. The number of nitrogens with zero attached hydrogens (tertiary/aromatic N) is 3. The summed E-state index contributed by atoms with van der Waals surface area (Å²) in [6.07, 6.45) is 1.69. The highest BCUT2D eigenvalue weighted by atomic mass is 79.9. The maximum atomic E-state index is 14.0. The number of carbonyl (C=O) groups excluding carboxylic acids is 1. The predicted molar refractivity (Wildman–Crippen MR) is 155 cm³/mol. The van der Waals surface area contributed by atoms with Crippen LogP contribution in [0.2, 0.25) is 0 Å². The van der Waals surface area contributed by atoms with Crippen LogP contribution in [-0.4, -0.2) is 38.3 Å². The standard InChI is InChI=1S/C29H26BrN3O5S/c1-5-37-28(35)23-24(17-10-7-6-8-11-17)31-29-33(25(23)18-12-9-13-19(14-18)36-4)26(34)22(39-29)16-20-15-21(30)27(38-20)32(2)3/h6-16,25H,5H2,1-4H3/b22-16+/t25-/m1/s1. The summed E-state index contributed by atoms with van der Waals surface area (Å²) in [5.41, 5.74) is 1.90. The fourth-order valence-corrected chi connectivity index (χ4v) is 6.09. The first-order valence-corrected chi connectivity index (χ1v) is 13.8. The molecule has 0 amide bonds. The van der Waals surface area contributed by atoms with Crippen LogP contribution in [0, 0.1) is 0 Å². The lowest BCUT2D eigenvalue weighted by Crippen LogP contribution is -2.40. The molecule has 0 unspecified atom stereocenters. The largest absolute Gasteiger partial charge is 0.497 e. The van der Waals surface area contributed by atoms with E-state index in [2.05, 4.69) is 15.9 Å².